The highest BCUT2D eigenvalue weighted by Gasteiger charge is 2.09. The summed E-state index contributed by atoms with van der Waals surface area (Å²) in [6.07, 6.45) is 0. The Bertz CT molecular complexity index is 952. The molecule has 4 aromatic rings. The van der Waals surface area contributed by atoms with Crippen molar-refractivity contribution >= 4 is 38.2 Å². The van der Waals surface area contributed by atoms with Crippen molar-refractivity contribution in [3.63, 3.8) is 0 Å². The average Bonchev–Trinajstić information content (AvgIpc) is 2.77. The van der Waals surface area contributed by atoms with E-state index in [0.717, 1.165) is 26.9 Å². The van der Waals surface area contributed by atoms with E-state index in [4.69, 9.17) is 0 Å². The molecule has 0 saturated heterocycles. The lowest BCUT2D eigenvalue weighted by atomic mass is 10.2. The van der Waals surface area contributed by atoms with E-state index in [0.29, 0.717) is 0 Å². The van der Waals surface area contributed by atoms with Gasteiger partial charge in [0.05, 0.1) is 21.9 Å². The Hall–Kier alpha value is -2.20. The fourth-order valence-electron chi connectivity index (χ4n) is 2.28. The van der Waals surface area contributed by atoms with Crippen LogP contribution in [0.2, 0.25) is 0 Å². The molecule has 0 aliphatic heterocycles. The van der Waals surface area contributed by atoms with E-state index in [1.165, 1.54) is 11.3 Å². The number of rotatable bonds is 0. The molecule has 0 bridgehead atoms. The van der Waals surface area contributed by atoms with Crippen LogP contribution in [-0.2, 0) is 0 Å². The Balaban J connectivity index is 2.43. The second-order valence-corrected chi connectivity index (χ2v) is 5.07. The Morgan fingerprint density at radius 1 is 0.944 bits per heavy atom. The highest BCUT2D eigenvalue weighted by Crippen LogP contribution is 2.22. The Kier molecular flexibility index (Phi) is 1.85. The standard InChI is InChI=1S/C14H8N2OS/c17-13-9-5-1-3-7-11(9)16-12-8-4-2-6-10(12)15-14(16)18-13/h1-8H. The van der Waals surface area contributed by atoms with E-state index >= 15 is 0 Å². The zero-order chi connectivity index (χ0) is 12.1. The molecule has 2 heterocycles. The summed E-state index contributed by atoms with van der Waals surface area (Å²) >= 11 is 1.19. The Labute approximate surface area is 106 Å². The van der Waals surface area contributed by atoms with Crippen LogP contribution in [0, 0.1) is 0 Å². The van der Waals surface area contributed by atoms with Gasteiger partial charge in [-0.05, 0) is 24.3 Å². The molecule has 3 nitrogen and oxygen atoms in total. The van der Waals surface area contributed by atoms with E-state index in [9.17, 15) is 4.79 Å². The normalized spacial score (nSPS) is 11.6. The van der Waals surface area contributed by atoms with Gasteiger partial charge in [0.15, 0.2) is 4.96 Å². The van der Waals surface area contributed by atoms with Gasteiger partial charge in [-0.15, -0.1) is 0 Å². The van der Waals surface area contributed by atoms with Crippen molar-refractivity contribution in [1.82, 2.24) is 9.38 Å². The van der Waals surface area contributed by atoms with Crippen LogP contribution in [-0.4, -0.2) is 9.38 Å². The molecule has 0 aliphatic carbocycles. The van der Waals surface area contributed by atoms with Crippen LogP contribution >= 0.6 is 11.3 Å². The van der Waals surface area contributed by atoms with E-state index in [2.05, 4.69) is 9.38 Å². The van der Waals surface area contributed by atoms with Crippen LogP contribution in [0.5, 0.6) is 0 Å². The van der Waals surface area contributed by atoms with Crippen LogP contribution < -0.4 is 4.74 Å². The maximum atomic E-state index is 12.0. The fourth-order valence-corrected chi connectivity index (χ4v) is 3.16. The molecule has 0 aliphatic rings. The molecule has 0 fully saturated rings. The monoisotopic (exact) mass is 252 g/mol. The predicted molar refractivity (Wildman–Crippen MR) is 74.4 cm³/mol. The minimum Gasteiger partial charge on any atom is -0.283 e. The highest BCUT2D eigenvalue weighted by atomic mass is 32.1. The van der Waals surface area contributed by atoms with Crippen molar-refractivity contribution in [3.05, 3.63) is 58.1 Å². The number of hydrogen-bond donors (Lipinski definition) is 0. The molecule has 86 valence electrons. The van der Waals surface area contributed by atoms with Crippen LogP contribution in [0.25, 0.3) is 26.9 Å². The molecular weight excluding hydrogens is 244 g/mol. The Morgan fingerprint density at radius 3 is 2.56 bits per heavy atom. The lowest BCUT2D eigenvalue weighted by Gasteiger charge is -2.00. The van der Waals surface area contributed by atoms with Gasteiger partial charge < -0.3 is 0 Å². The maximum absolute atomic E-state index is 12.0. The van der Waals surface area contributed by atoms with Gasteiger partial charge in [-0.2, -0.15) is 0 Å². The summed E-state index contributed by atoms with van der Waals surface area (Å²) in [6.45, 7) is 0. The minimum absolute atomic E-state index is 0.0633. The van der Waals surface area contributed by atoms with Crippen molar-refractivity contribution in [2.24, 2.45) is 0 Å². The molecule has 2 aromatic heterocycles. The van der Waals surface area contributed by atoms with Crippen LogP contribution in [0.1, 0.15) is 0 Å². The van der Waals surface area contributed by atoms with E-state index < -0.39 is 0 Å². The SMILES string of the molecule is O=c1sc2nc3ccccc3n2c2ccccc12. The van der Waals surface area contributed by atoms with Gasteiger partial charge in [-0.25, -0.2) is 4.98 Å². The van der Waals surface area contributed by atoms with Gasteiger partial charge in [0, 0.05) is 0 Å². The highest BCUT2D eigenvalue weighted by molar-refractivity contribution is 7.15. The number of aromatic nitrogens is 2. The first kappa shape index (κ1) is 9.79. The molecule has 2 aromatic carbocycles. The molecule has 0 unspecified atom stereocenters. The first-order valence-corrected chi connectivity index (χ1v) is 6.45. The van der Waals surface area contributed by atoms with Crippen molar-refractivity contribution in [1.29, 1.82) is 0 Å². The molecule has 0 spiro atoms. The van der Waals surface area contributed by atoms with Crippen LogP contribution in [0.4, 0.5) is 0 Å². The zero-order valence-corrected chi connectivity index (χ0v) is 10.1. The Morgan fingerprint density at radius 2 is 1.67 bits per heavy atom. The maximum Gasteiger partial charge on any atom is 0.245 e. The molecule has 0 radical (unpaired) electrons. The molecule has 0 N–H and O–H groups in total. The molecule has 4 rings (SSSR count). The van der Waals surface area contributed by atoms with Gasteiger partial charge in [0.2, 0.25) is 4.74 Å². The third kappa shape index (κ3) is 1.18. The quantitative estimate of drug-likeness (QED) is 0.482. The second kappa shape index (κ2) is 3.40. The molecule has 0 saturated carbocycles. The van der Waals surface area contributed by atoms with Gasteiger partial charge in [0.1, 0.15) is 0 Å². The van der Waals surface area contributed by atoms with Crippen molar-refractivity contribution in [2.45, 2.75) is 0 Å². The average molecular weight is 252 g/mol. The number of nitrogens with zero attached hydrogens (tertiary/aromatic N) is 2. The summed E-state index contributed by atoms with van der Waals surface area (Å²) in [4.78, 5) is 17.3. The van der Waals surface area contributed by atoms with Crippen LogP contribution in [0.3, 0.4) is 0 Å². The number of imidazole rings is 1. The third-order valence-corrected chi connectivity index (χ3v) is 3.94. The predicted octanol–water partition coefficient (Wildman–Crippen LogP) is 3.06. The van der Waals surface area contributed by atoms with Crippen LogP contribution in [0.15, 0.2) is 53.3 Å². The summed E-state index contributed by atoms with van der Waals surface area (Å²) in [7, 11) is 0. The zero-order valence-electron chi connectivity index (χ0n) is 9.33. The molecule has 0 amide bonds. The van der Waals surface area contributed by atoms with E-state index in [1.807, 2.05) is 48.5 Å². The van der Waals surface area contributed by atoms with E-state index in [-0.39, 0.29) is 4.74 Å². The van der Waals surface area contributed by atoms with E-state index in [1.54, 1.807) is 0 Å². The number of para-hydroxylation sites is 3. The summed E-state index contributed by atoms with van der Waals surface area (Å²) in [6, 6.07) is 15.6. The third-order valence-electron chi connectivity index (χ3n) is 3.08. The molecule has 18 heavy (non-hydrogen) atoms. The first-order chi connectivity index (χ1) is 8.84. The van der Waals surface area contributed by atoms with Gasteiger partial charge in [-0.1, -0.05) is 35.6 Å². The van der Waals surface area contributed by atoms with Crippen molar-refractivity contribution < 1.29 is 0 Å². The fraction of sp³-hybridized carbons (Fsp3) is 0. The smallest absolute Gasteiger partial charge is 0.245 e. The summed E-state index contributed by atoms with van der Waals surface area (Å²) in [5.74, 6) is 0. The lowest BCUT2D eigenvalue weighted by Crippen LogP contribution is -1.99. The topological polar surface area (TPSA) is 34.4 Å². The minimum atomic E-state index is 0.0633. The lowest BCUT2D eigenvalue weighted by molar-refractivity contribution is 1.33. The second-order valence-electron chi connectivity index (χ2n) is 4.13. The molecule has 4 heteroatoms. The van der Waals surface area contributed by atoms with Crippen molar-refractivity contribution in [3.8, 4) is 0 Å². The van der Waals surface area contributed by atoms with Gasteiger partial charge in [-0.3, -0.25) is 9.20 Å². The van der Waals surface area contributed by atoms with Crippen molar-refractivity contribution in [2.75, 3.05) is 0 Å². The summed E-state index contributed by atoms with van der Waals surface area (Å²) in [5.41, 5.74) is 2.88. The summed E-state index contributed by atoms with van der Waals surface area (Å²) < 4.78 is 2.12. The van der Waals surface area contributed by atoms with Gasteiger partial charge in [0.25, 0.3) is 0 Å². The molecule has 0 atom stereocenters. The molecular formula is C14H8N2OS. The number of hydrogen-bond acceptors (Lipinski definition) is 3. The number of benzene rings is 2. The summed E-state index contributed by atoms with van der Waals surface area (Å²) in [5, 5.41) is 0.748. The largest absolute Gasteiger partial charge is 0.283 e. The first-order valence-electron chi connectivity index (χ1n) is 5.64. The van der Waals surface area contributed by atoms with Gasteiger partial charge >= 0.3 is 0 Å². The number of fused-ring (bicyclic) bond motifs is 5.